The largest absolute Gasteiger partial charge is 0.494 e. The van der Waals surface area contributed by atoms with Crippen molar-refractivity contribution in [3.8, 4) is 5.75 Å². The SMILES string of the molecule is COc1cccc(CC(CN)Cc2ccccc2F)c1F. The molecule has 0 saturated carbocycles. The summed E-state index contributed by atoms with van der Waals surface area (Å²) in [6.07, 6.45) is 0.938. The van der Waals surface area contributed by atoms with Crippen LogP contribution >= 0.6 is 0 Å². The summed E-state index contributed by atoms with van der Waals surface area (Å²) < 4.78 is 32.8. The van der Waals surface area contributed by atoms with Gasteiger partial charge in [0.15, 0.2) is 11.6 Å². The average molecular weight is 291 g/mol. The number of rotatable bonds is 6. The van der Waals surface area contributed by atoms with Crippen molar-refractivity contribution in [1.29, 1.82) is 0 Å². The van der Waals surface area contributed by atoms with Crippen LogP contribution in [0, 0.1) is 17.6 Å². The molecule has 0 aliphatic rings. The van der Waals surface area contributed by atoms with E-state index in [-0.39, 0.29) is 23.3 Å². The van der Waals surface area contributed by atoms with Crippen molar-refractivity contribution in [3.63, 3.8) is 0 Å². The second-order valence-electron chi connectivity index (χ2n) is 5.03. The molecule has 0 bridgehead atoms. The lowest BCUT2D eigenvalue weighted by molar-refractivity contribution is 0.381. The predicted octanol–water partition coefficient (Wildman–Crippen LogP) is 3.33. The van der Waals surface area contributed by atoms with Gasteiger partial charge in [0.05, 0.1) is 7.11 Å². The van der Waals surface area contributed by atoms with E-state index in [1.54, 1.807) is 36.4 Å². The Morgan fingerprint density at radius 1 is 1.00 bits per heavy atom. The second-order valence-corrected chi connectivity index (χ2v) is 5.03. The van der Waals surface area contributed by atoms with Gasteiger partial charge in [-0.25, -0.2) is 8.78 Å². The number of methoxy groups -OCH3 is 1. The summed E-state index contributed by atoms with van der Waals surface area (Å²) in [7, 11) is 1.43. The zero-order chi connectivity index (χ0) is 15.2. The molecule has 1 atom stereocenters. The van der Waals surface area contributed by atoms with E-state index in [4.69, 9.17) is 10.5 Å². The van der Waals surface area contributed by atoms with E-state index in [2.05, 4.69) is 0 Å². The molecule has 2 aromatic carbocycles. The molecule has 4 heteroatoms. The van der Waals surface area contributed by atoms with Crippen LogP contribution in [0.25, 0.3) is 0 Å². The summed E-state index contributed by atoms with van der Waals surface area (Å²) in [6, 6.07) is 11.6. The fraction of sp³-hybridized carbons (Fsp3) is 0.294. The molecule has 0 radical (unpaired) electrons. The van der Waals surface area contributed by atoms with Crippen molar-refractivity contribution in [2.75, 3.05) is 13.7 Å². The lowest BCUT2D eigenvalue weighted by Crippen LogP contribution is -2.20. The normalized spacial score (nSPS) is 12.2. The summed E-state index contributed by atoms with van der Waals surface area (Å²) in [5.74, 6) is -0.424. The van der Waals surface area contributed by atoms with Crippen LogP contribution in [0.5, 0.6) is 5.75 Å². The molecular weight excluding hydrogens is 272 g/mol. The van der Waals surface area contributed by atoms with Gasteiger partial charge in [0.1, 0.15) is 5.82 Å². The van der Waals surface area contributed by atoms with Crippen LogP contribution in [0.4, 0.5) is 8.78 Å². The number of halogens is 2. The molecule has 0 aliphatic heterocycles. The van der Waals surface area contributed by atoms with E-state index >= 15 is 0 Å². The molecule has 2 N–H and O–H groups in total. The summed E-state index contributed by atoms with van der Waals surface area (Å²) >= 11 is 0. The second kappa shape index (κ2) is 7.18. The maximum atomic E-state index is 14.1. The van der Waals surface area contributed by atoms with Crippen LogP contribution in [0.2, 0.25) is 0 Å². The Kier molecular flexibility index (Phi) is 5.28. The fourth-order valence-corrected chi connectivity index (χ4v) is 2.40. The van der Waals surface area contributed by atoms with Crippen molar-refractivity contribution >= 4 is 0 Å². The van der Waals surface area contributed by atoms with Gasteiger partial charge < -0.3 is 10.5 Å². The molecule has 2 nitrogen and oxygen atoms in total. The molecule has 112 valence electrons. The van der Waals surface area contributed by atoms with Gasteiger partial charge in [0, 0.05) is 0 Å². The van der Waals surface area contributed by atoms with E-state index in [9.17, 15) is 8.78 Å². The Bertz CT molecular complexity index is 601. The van der Waals surface area contributed by atoms with Gasteiger partial charge in [-0.15, -0.1) is 0 Å². The first-order valence-corrected chi connectivity index (χ1v) is 6.90. The van der Waals surface area contributed by atoms with Gasteiger partial charge >= 0.3 is 0 Å². The Morgan fingerprint density at radius 2 is 1.67 bits per heavy atom. The van der Waals surface area contributed by atoms with Crippen LogP contribution in [0.3, 0.4) is 0 Å². The standard InChI is InChI=1S/C17H19F2NO/c1-21-16-8-4-6-14(17(16)19)10-12(11-20)9-13-5-2-3-7-15(13)18/h2-8,12H,9-11,20H2,1H3. The average Bonchev–Trinajstić information content (AvgIpc) is 2.50. The van der Waals surface area contributed by atoms with Gasteiger partial charge in [-0.3, -0.25) is 0 Å². The van der Waals surface area contributed by atoms with Crippen molar-refractivity contribution in [3.05, 3.63) is 65.2 Å². The van der Waals surface area contributed by atoms with Crippen LogP contribution < -0.4 is 10.5 Å². The third-order valence-electron chi connectivity index (χ3n) is 3.57. The highest BCUT2D eigenvalue weighted by Crippen LogP contribution is 2.23. The molecule has 0 aromatic heterocycles. The summed E-state index contributed by atoms with van der Waals surface area (Å²) in [6.45, 7) is 0.366. The van der Waals surface area contributed by atoms with Gasteiger partial charge in [-0.05, 0) is 48.6 Å². The molecule has 21 heavy (non-hydrogen) atoms. The minimum Gasteiger partial charge on any atom is -0.494 e. The Morgan fingerprint density at radius 3 is 2.33 bits per heavy atom. The number of hydrogen-bond donors (Lipinski definition) is 1. The summed E-state index contributed by atoms with van der Waals surface area (Å²) in [5.41, 5.74) is 6.91. The van der Waals surface area contributed by atoms with Crippen molar-refractivity contribution in [1.82, 2.24) is 0 Å². The van der Waals surface area contributed by atoms with Crippen molar-refractivity contribution < 1.29 is 13.5 Å². The monoisotopic (exact) mass is 291 g/mol. The first-order chi connectivity index (χ1) is 10.2. The highest BCUT2D eigenvalue weighted by Gasteiger charge is 2.15. The topological polar surface area (TPSA) is 35.2 Å². The smallest absolute Gasteiger partial charge is 0.168 e. The van der Waals surface area contributed by atoms with Crippen LogP contribution in [0.15, 0.2) is 42.5 Å². The first kappa shape index (κ1) is 15.4. The first-order valence-electron chi connectivity index (χ1n) is 6.90. The van der Waals surface area contributed by atoms with Crippen molar-refractivity contribution in [2.45, 2.75) is 12.8 Å². The molecule has 0 spiro atoms. The predicted molar refractivity (Wildman–Crippen MR) is 79.3 cm³/mol. The zero-order valence-electron chi connectivity index (χ0n) is 12.0. The number of nitrogens with two attached hydrogens (primary N) is 1. The maximum absolute atomic E-state index is 14.1. The van der Waals surface area contributed by atoms with Gasteiger partial charge in [-0.1, -0.05) is 30.3 Å². The van der Waals surface area contributed by atoms with Gasteiger partial charge in [0.25, 0.3) is 0 Å². The maximum Gasteiger partial charge on any atom is 0.168 e. The Hall–Kier alpha value is -1.94. The van der Waals surface area contributed by atoms with E-state index in [0.717, 1.165) is 0 Å². The van der Waals surface area contributed by atoms with Crippen LogP contribution in [-0.4, -0.2) is 13.7 Å². The van der Waals surface area contributed by atoms with Crippen LogP contribution in [0.1, 0.15) is 11.1 Å². The Balaban J connectivity index is 2.15. The lowest BCUT2D eigenvalue weighted by Gasteiger charge is -2.16. The fourth-order valence-electron chi connectivity index (χ4n) is 2.40. The van der Waals surface area contributed by atoms with Crippen LogP contribution in [-0.2, 0) is 12.8 Å². The molecule has 0 saturated heterocycles. The highest BCUT2D eigenvalue weighted by atomic mass is 19.1. The summed E-state index contributed by atoms with van der Waals surface area (Å²) in [4.78, 5) is 0. The minimum absolute atomic E-state index is 0.0245. The molecule has 0 fully saturated rings. The molecule has 2 rings (SSSR count). The quantitative estimate of drug-likeness (QED) is 0.886. The third-order valence-corrected chi connectivity index (χ3v) is 3.57. The third kappa shape index (κ3) is 3.79. The Labute approximate surface area is 123 Å². The molecule has 0 aliphatic carbocycles. The minimum atomic E-state index is -0.369. The number of benzene rings is 2. The molecule has 1 unspecified atom stereocenters. The van der Waals surface area contributed by atoms with Gasteiger partial charge in [-0.2, -0.15) is 0 Å². The van der Waals surface area contributed by atoms with Gasteiger partial charge in [0.2, 0.25) is 0 Å². The van der Waals surface area contributed by atoms with E-state index in [0.29, 0.717) is 30.5 Å². The lowest BCUT2D eigenvalue weighted by atomic mass is 9.92. The van der Waals surface area contributed by atoms with Crippen molar-refractivity contribution in [2.24, 2.45) is 11.7 Å². The van der Waals surface area contributed by atoms with E-state index < -0.39 is 0 Å². The summed E-state index contributed by atoms with van der Waals surface area (Å²) in [5, 5.41) is 0. The molecule has 0 amide bonds. The van der Waals surface area contributed by atoms with E-state index in [1.165, 1.54) is 13.2 Å². The number of ether oxygens (including phenoxy) is 1. The highest BCUT2D eigenvalue weighted by molar-refractivity contribution is 5.31. The molecule has 2 aromatic rings. The number of hydrogen-bond acceptors (Lipinski definition) is 2. The zero-order valence-corrected chi connectivity index (χ0v) is 12.0. The van der Waals surface area contributed by atoms with E-state index in [1.807, 2.05) is 0 Å². The molecular formula is C17H19F2NO. The molecule has 0 heterocycles.